The van der Waals surface area contributed by atoms with Gasteiger partial charge in [-0.25, -0.2) is 0 Å². The third-order valence-corrected chi connectivity index (χ3v) is 5.03. The van der Waals surface area contributed by atoms with E-state index in [1.165, 1.54) is 4.88 Å². The van der Waals surface area contributed by atoms with Crippen LogP contribution in [0.15, 0.2) is 12.1 Å². The fraction of sp³-hybridized carbons (Fsp3) is 0.733. The zero-order valence-corrected chi connectivity index (χ0v) is 14.0. The molecule has 0 bridgehead atoms. The Kier molecular flexibility index (Phi) is 6.78. The average Bonchev–Trinajstić information content (AvgIpc) is 2.88. The smallest absolute Gasteiger partial charge is 0.0931 e. The van der Waals surface area contributed by atoms with Crippen molar-refractivity contribution in [1.29, 1.82) is 0 Å². The van der Waals surface area contributed by atoms with Gasteiger partial charge in [0.05, 0.1) is 17.0 Å². The first-order valence-corrected chi connectivity index (χ1v) is 8.74. The van der Waals surface area contributed by atoms with E-state index in [9.17, 15) is 0 Å². The van der Waals surface area contributed by atoms with Gasteiger partial charge in [-0.05, 0) is 38.1 Å². The number of nitrogens with one attached hydrogen (secondary N) is 1. The lowest BCUT2D eigenvalue weighted by Gasteiger charge is -2.37. The highest BCUT2D eigenvalue weighted by Gasteiger charge is 2.27. The SMILES string of the molecule is CCCNC(Cc1ccc(Cl)s1)C1CN(CC)CCO1. The molecule has 114 valence electrons. The van der Waals surface area contributed by atoms with Gasteiger partial charge in [0.1, 0.15) is 0 Å². The summed E-state index contributed by atoms with van der Waals surface area (Å²) in [5.74, 6) is 0. The van der Waals surface area contributed by atoms with Crippen molar-refractivity contribution in [1.82, 2.24) is 10.2 Å². The monoisotopic (exact) mass is 316 g/mol. The van der Waals surface area contributed by atoms with Crippen molar-refractivity contribution < 1.29 is 4.74 Å². The first-order chi connectivity index (χ1) is 9.72. The van der Waals surface area contributed by atoms with Crippen molar-refractivity contribution in [3.05, 3.63) is 21.3 Å². The van der Waals surface area contributed by atoms with Crippen molar-refractivity contribution in [2.24, 2.45) is 0 Å². The third kappa shape index (κ3) is 4.71. The highest BCUT2D eigenvalue weighted by atomic mass is 35.5. The Morgan fingerprint density at radius 1 is 1.50 bits per heavy atom. The van der Waals surface area contributed by atoms with E-state index in [-0.39, 0.29) is 6.10 Å². The van der Waals surface area contributed by atoms with Crippen LogP contribution in [-0.2, 0) is 11.2 Å². The van der Waals surface area contributed by atoms with E-state index in [4.69, 9.17) is 16.3 Å². The van der Waals surface area contributed by atoms with Crippen molar-refractivity contribution >= 4 is 22.9 Å². The molecule has 2 rings (SSSR count). The van der Waals surface area contributed by atoms with Crippen LogP contribution in [0.2, 0.25) is 4.34 Å². The summed E-state index contributed by atoms with van der Waals surface area (Å²) < 4.78 is 6.89. The van der Waals surface area contributed by atoms with Crippen molar-refractivity contribution in [2.75, 3.05) is 32.8 Å². The molecule has 0 aliphatic carbocycles. The molecule has 1 aromatic heterocycles. The topological polar surface area (TPSA) is 24.5 Å². The van der Waals surface area contributed by atoms with Crippen LogP contribution in [-0.4, -0.2) is 49.8 Å². The van der Waals surface area contributed by atoms with E-state index in [0.717, 1.165) is 50.0 Å². The highest BCUT2D eigenvalue weighted by molar-refractivity contribution is 7.16. The summed E-state index contributed by atoms with van der Waals surface area (Å²) in [5, 5.41) is 3.65. The fourth-order valence-electron chi connectivity index (χ4n) is 2.61. The predicted molar refractivity (Wildman–Crippen MR) is 87.0 cm³/mol. The molecular formula is C15H25ClN2OS. The van der Waals surface area contributed by atoms with Crippen molar-refractivity contribution in [3.63, 3.8) is 0 Å². The van der Waals surface area contributed by atoms with Gasteiger partial charge in [-0.1, -0.05) is 25.4 Å². The van der Waals surface area contributed by atoms with E-state index < -0.39 is 0 Å². The molecule has 1 saturated heterocycles. The number of morpholine rings is 1. The maximum absolute atomic E-state index is 6.04. The van der Waals surface area contributed by atoms with E-state index in [1.54, 1.807) is 11.3 Å². The molecule has 0 spiro atoms. The van der Waals surface area contributed by atoms with Crippen LogP contribution in [0, 0.1) is 0 Å². The second-order valence-corrected chi connectivity index (χ2v) is 7.07. The number of halogens is 1. The lowest BCUT2D eigenvalue weighted by molar-refractivity contribution is -0.0446. The zero-order valence-electron chi connectivity index (χ0n) is 12.4. The molecule has 2 unspecified atom stereocenters. The van der Waals surface area contributed by atoms with Gasteiger partial charge in [0.2, 0.25) is 0 Å². The molecule has 0 radical (unpaired) electrons. The van der Waals surface area contributed by atoms with Gasteiger partial charge < -0.3 is 10.1 Å². The van der Waals surface area contributed by atoms with Gasteiger partial charge in [0, 0.05) is 24.0 Å². The molecule has 2 atom stereocenters. The summed E-state index contributed by atoms with van der Waals surface area (Å²) in [4.78, 5) is 3.80. The molecule has 1 aromatic rings. The van der Waals surface area contributed by atoms with Crippen LogP contribution < -0.4 is 5.32 Å². The maximum Gasteiger partial charge on any atom is 0.0931 e. The van der Waals surface area contributed by atoms with Gasteiger partial charge in [-0.15, -0.1) is 11.3 Å². The normalized spacial score (nSPS) is 22.1. The minimum atomic E-state index is 0.274. The number of ether oxygens (including phenoxy) is 1. The number of hydrogen-bond donors (Lipinski definition) is 1. The van der Waals surface area contributed by atoms with Crippen molar-refractivity contribution in [3.8, 4) is 0 Å². The Morgan fingerprint density at radius 2 is 2.35 bits per heavy atom. The molecule has 0 aromatic carbocycles. The summed E-state index contributed by atoms with van der Waals surface area (Å²) in [6, 6.07) is 4.49. The summed E-state index contributed by atoms with van der Waals surface area (Å²) in [6.45, 7) is 9.48. The minimum absolute atomic E-state index is 0.274. The molecular weight excluding hydrogens is 292 g/mol. The second kappa shape index (κ2) is 8.35. The predicted octanol–water partition coefficient (Wildman–Crippen LogP) is 3.03. The number of rotatable bonds is 7. The molecule has 3 nitrogen and oxygen atoms in total. The molecule has 1 aliphatic rings. The van der Waals surface area contributed by atoms with Crippen LogP contribution in [0.4, 0.5) is 0 Å². The molecule has 1 aliphatic heterocycles. The van der Waals surface area contributed by atoms with Gasteiger partial charge in [0.25, 0.3) is 0 Å². The highest BCUT2D eigenvalue weighted by Crippen LogP contribution is 2.24. The summed E-state index contributed by atoms with van der Waals surface area (Å²) in [5.41, 5.74) is 0. The fourth-order valence-corrected chi connectivity index (χ4v) is 3.75. The Bertz CT molecular complexity index is 399. The third-order valence-electron chi connectivity index (χ3n) is 3.78. The molecule has 0 saturated carbocycles. The second-order valence-electron chi connectivity index (χ2n) is 5.27. The molecule has 2 heterocycles. The largest absolute Gasteiger partial charge is 0.374 e. The molecule has 5 heteroatoms. The van der Waals surface area contributed by atoms with Crippen LogP contribution in [0.1, 0.15) is 25.1 Å². The minimum Gasteiger partial charge on any atom is -0.374 e. The Hall–Kier alpha value is -0.130. The first kappa shape index (κ1) is 16.2. The van der Waals surface area contributed by atoms with Crippen LogP contribution >= 0.6 is 22.9 Å². The molecule has 1 fully saturated rings. The van der Waals surface area contributed by atoms with Gasteiger partial charge in [0.15, 0.2) is 0 Å². The lowest BCUT2D eigenvalue weighted by Crippen LogP contribution is -2.53. The standard InChI is InChI=1S/C15H25ClN2OS/c1-3-7-17-13(10-12-5-6-15(16)20-12)14-11-18(4-2)8-9-19-14/h5-6,13-14,17H,3-4,7-11H2,1-2H3. The Balaban J connectivity index is 1.98. The lowest BCUT2D eigenvalue weighted by atomic mass is 10.0. The van der Waals surface area contributed by atoms with E-state index in [2.05, 4.69) is 30.1 Å². The zero-order chi connectivity index (χ0) is 14.4. The molecule has 20 heavy (non-hydrogen) atoms. The summed E-state index contributed by atoms with van der Waals surface area (Å²) in [6.07, 6.45) is 2.42. The van der Waals surface area contributed by atoms with Gasteiger partial charge in [-0.2, -0.15) is 0 Å². The first-order valence-electron chi connectivity index (χ1n) is 7.54. The maximum atomic E-state index is 6.04. The van der Waals surface area contributed by atoms with Crippen LogP contribution in [0.25, 0.3) is 0 Å². The van der Waals surface area contributed by atoms with Crippen LogP contribution in [0.5, 0.6) is 0 Å². The summed E-state index contributed by atoms with van der Waals surface area (Å²) in [7, 11) is 0. The Morgan fingerprint density at radius 3 is 3.00 bits per heavy atom. The number of hydrogen-bond acceptors (Lipinski definition) is 4. The number of likely N-dealkylation sites (N-methyl/N-ethyl adjacent to an activating group) is 1. The number of thiophene rings is 1. The molecule has 1 N–H and O–H groups in total. The van der Waals surface area contributed by atoms with E-state index in [1.807, 2.05) is 6.07 Å². The van der Waals surface area contributed by atoms with E-state index in [0.29, 0.717) is 6.04 Å². The van der Waals surface area contributed by atoms with Gasteiger partial charge in [-0.3, -0.25) is 4.90 Å². The molecule has 0 amide bonds. The van der Waals surface area contributed by atoms with Gasteiger partial charge >= 0.3 is 0 Å². The quantitative estimate of drug-likeness (QED) is 0.837. The summed E-state index contributed by atoms with van der Waals surface area (Å²) >= 11 is 7.71. The van der Waals surface area contributed by atoms with Crippen molar-refractivity contribution in [2.45, 2.75) is 38.8 Å². The van der Waals surface area contributed by atoms with E-state index >= 15 is 0 Å². The average molecular weight is 317 g/mol. The number of nitrogens with zero attached hydrogens (tertiary/aromatic N) is 1. The van der Waals surface area contributed by atoms with Crippen LogP contribution in [0.3, 0.4) is 0 Å². The Labute approximate surface area is 131 Å².